The fourth-order valence-electron chi connectivity index (χ4n) is 4.24. The van der Waals surface area contributed by atoms with Crippen LogP contribution in [0.25, 0.3) is 0 Å². The highest BCUT2D eigenvalue weighted by Gasteiger charge is 2.54. The Hall–Kier alpha value is -2.08. The number of carbonyl (C=O) groups excluding carboxylic acids is 2. The van der Waals surface area contributed by atoms with Crippen molar-refractivity contribution in [3.05, 3.63) is 30.3 Å². The van der Waals surface area contributed by atoms with Crippen LogP contribution in [0.3, 0.4) is 0 Å². The monoisotopic (exact) mass is 372 g/mol. The van der Waals surface area contributed by atoms with E-state index in [2.05, 4.69) is 0 Å². The second-order valence-corrected chi connectivity index (χ2v) is 8.16. The maximum atomic E-state index is 12.7. The van der Waals surface area contributed by atoms with Crippen LogP contribution in [-0.4, -0.2) is 65.1 Å². The van der Waals surface area contributed by atoms with Crippen LogP contribution in [0.15, 0.2) is 30.3 Å². The zero-order chi connectivity index (χ0) is 18.9. The molecule has 1 aromatic carbocycles. The van der Waals surface area contributed by atoms with Gasteiger partial charge in [-0.2, -0.15) is 0 Å². The Morgan fingerprint density at radius 3 is 2.56 bits per heavy atom. The van der Waals surface area contributed by atoms with Crippen LogP contribution in [0.5, 0.6) is 5.75 Å². The van der Waals surface area contributed by atoms with Crippen molar-refractivity contribution < 1.29 is 19.4 Å². The summed E-state index contributed by atoms with van der Waals surface area (Å²) in [6.45, 7) is 2.47. The second kappa shape index (κ2) is 7.50. The number of rotatable bonds is 6. The molecule has 2 aliphatic heterocycles. The molecule has 27 heavy (non-hydrogen) atoms. The molecule has 2 amide bonds. The summed E-state index contributed by atoms with van der Waals surface area (Å²) in [6, 6.07) is 9.47. The standard InChI is InChI=1S/C21H28N2O4/c24-19(10-12-27-18-6-2-1-3-7-18)22-11-4-5-16(13-22)20(25)23-14-21(26,15-23)17-8-9-17/h1-3,6-7,16-17,26H,4-5,8-15H2. The number of aliphatic hydroxyl groups is 1. The van der Waals surface area contributed by atoms with Gasteiger partial charge in [0.2, 0.25) is 11.8 Å². The van der Waals surface area contributed by atoms with Crippen molar-refractivity contribution in [1.82, 2.24) is 9.80 Å². The molecular weight excluding hydrogens is 344 g/mol. The molecule has 1 aromatic rings. The van der Waals surface area contributed by atoms with E-state index in [1.807, 2.05) is 30.3 Å². The first-order valence-electron chi connectivity index (χ1n) is 10.0. The normalized spacial score (nSPS) is 24.3. The van der Waals surface area contributed by atoms with Gasteiger partial charge in [0, 0.05) is 13.1 Å². The van der Waals surface area contributed by atoms with Gasteiger partial charge in [-0.15, -0.1) is 0 Å². The van der Waals surface area contributed by atoms with Crippen LogP contribution in [0, 0.1) is 11.8 Å². The van der Waals surface area contributed by atoms with Crippen molar-refractivity contribution in [2.24, 2.45) is 11.8 Å². The van der Waals surface area contributed by atoms with E-state index in [1.165, 1.54) is 0 Å². The minimum atomic E-state index is -0.644. The van der Waals surface area contributed by atoms with Gasteiger partial charge in [0.05, 0.1) is 32.0 Å². The lowest BCUT2D eigenvalue weighted by molar-refractivity contribution is -0.165. The average Bonchev–Trinajstić information content (AvgIpc) is 3.51. The third-order valence-corrected chi connectivity index (χ3v) is 6.03. The molecule has 1 saturated carbocycles. The zero-order valence-corrected chi connectivity index (χ0v) is 15.7. The Morgan fingerprint density at radius 2 is 1.85 bits per heavy atom. The first kappa shape index (κ1) is 18.3. The number of ether oxygens (including phenoxy) is 1. The molecule has 0 radical (unpaired) electrons. The van der Waals surface area contributed by atoms with Gasteiger partial charge in [0.15, 0.2) is 0 Å². The highest BCUT2D eigenvalue weighted by Crippen LogP contribution is 2.45. The number of hydrogen-bond acceptors (Lipinski definition) is 4. The van der Waals surface area contributed by atoms with Gasteiger partial charge < -0.3 is 19.6 Å². The summed E-state index contributed by atoms with van der Waals surface area (Å²) in [6.07, 6.45) is 4.15. The molecule has 2 saturated heterocycles. The van der Waals surface area contributed by atoms with Gasteiger partial charge in [-0.1, -0.05) is 18.2 Å². The van der Waals surface area contributed by atoms with Crippen LogP contribution in [0.2, 0.25) is 0 Å². The van der Waals surface area contributed by atoms with E-state index >= 15 is 0 Å². The predicted molar refractivity (Wildman–Crippen MR) is 100 cm³/mol. The Balaban J connectivity index is 1.22. The van der Waals surface area contributed by atoms with E-state index in [4.69, 9.17) is 4.74 Å². The quantitative estimate of drug-likeness (QED) is 0.825. The number of carbonyl (C=O) groups is 2. The molecule has 146 valence electrons. The lowest BCUT2D eigenvalue weighted by Crippen LogP contribution is -2.66. The lowest BCUT2D eigenvalue weighted by Gasteiger charge is -2.48. The lowest BCUT2D eigenvalue weighted by atomic mass is 9.86. The summed E-state index contributed by atoms with van der Waals surface area (Å²) >= 11 is 0. The fraction of sp³-hybridized carbons (Fsp3) is 0.619. The van der Waals surface area contributed by atoms with Crippen LogP contribution in [0.1, 0.15) is 32.1 Å². The van der Waals surface area contributed by atoms with E-state index in [1.54, 1.807) is 9.80 Å². The molecule has 1 unspecified atom stereocenters. The van der Waals surface area contributed by atoms with Crippen molar-refractivity contribution in [2.75, 3.05) is 32.8 Å². The Bertz CT molecular complexity index is 683. The van der Waals surface area contributed by atoms with E-state index in [9.17, 15) is 14.7 Å². The van der Waals surface area contributed by atoms with Crippen LogP contribution >= 0.6 is 0 Å². The number of hydrogen-bond donors (Lipinski definition) is 1. The molecule has 0 aromatic heterocycles. The summed E-state index contributed by atoms with van der Waals surface area (Å²) < 4.78 is 5.61. The van der Waals surface area contributed by atoms with Crippen molar-refractivity contribution in [3.63, 3.8) is 0 Å². The summed E-state index contributed by atoms with van der Waals surface area (Å²) in [7, 11) is 0. The number of benzene rings is 1. The topological polar surface area (TPSA) is 70.1 Å². The molecule has 6 nitrogen and oxygen atoms in total. The largest absolute Gasteiger partial charge is 0.493 e. The number of likely N-dealkylation sites (tertiary alicyclic amines) is 2. The van der Waals surface area contributed by atoms with E-state index in [0.717, 1.165) is 31.4 Å². The molecule has 1 aliphatic carbocycles. The van der Waals surface area contributed by atoms with Crippen LogP contribution in [-0.2, 0) is 9.59 Å². The summed E-state index contributed by atoms with van der Waals surface area (Å²) in [5.74, 6) is 1.15. The van der Waals surface area contributed by atoms with Gasteiger partial charge in [-0.25, -0.2) is 0 Å². The van der Waals surface area contributed by atoms with Crippen molar-refractivity contribution in [1.29, 1.82) is 0 Å². The van der Waals surface area contributed by atoms with Crippen LogP contribution in [0.4, 0.5) is 0 Å². The Labute approximate surface area is 160 Å². The molecule has 1 N–H and O–H groups in total. The van der Waals surface area contributed by atoms with Crippen molar-refractivity contribution in [2.45, 2.75) is 37.7 Å². The minimum absolute atomic E-state index is 0.0431. The first-order valence-corrected chi connectivity index (χ1v) is 10.0. The Kier molecular flexibility index (Phi) is 5.08. The SMILES string of the molecule is O=C(CCOc1ccccc1)N1CCCC(C(=O)N2CC(O)(C3CC3)C2)C1. The maximum absolute atomic E-state index is 12.7. The fourth-order valence-corrected chi connectivity index (χ4v) is 4.24. The third-order valence-electron chi connectivity index (χ3n) is 6.03. The highest BCUT2D eigenvalue weighted by atomic mass is 16.5. The van der Waals surface area contributed by atoms with Gasteiger partial charge >= 0.3 is 0 Å². The maximum Gasteiger partial charge on any atom is 0.227 e. The van der Waals surface area contributed by atoms with E-state index < -0.39 is 5.60 Å². The van der Waals surface area contributed by atoms with Gasteiger partial charge in [-0.3, -0.25) is 9.59 Å². The van der Waals surface area contributed by atoms with Crippen molar-refractivity contribution in [3.8, 4) is 5.75 Å². The van der Waals surface area contributed by atoms with Gasteiger partial charge in [-0.05, 0) is 43.7 Å². The molecular formula is C21H28N2O4. The number of piperidine rings is 1. The third kappa shape index (κ3) is 4.10. The number of amides is 2. The van der Waals surface area contributed by atoms with Crippen LogP contribution < -0.4 is 4.74 Å². The van der Waals surface area contributed by atoms with Gasteiger partial charge in [0.1, 0.15) is 11.4 Å². The highest BCUT2D eigenvalue weighted by molar-refractivity contribution is 5.82. The van der Waals surface area contributed by atoms with E-state index in [-0.39, 0.29) is 17.7 Å². The molecule has 6 heteroatoms. The second-order valence-electron chi connectivity index (χ2n) is 8.16. The molecule has 1 atom stereocenters. The molecule has 0 bridgehead atoms. The first-order chi connectivity index (χ1) is 13.0. The summed E-state index contributed by atoms with van der Waals surface area (Å²) in [5, 5.41) is 10.4. The molecule has 0 spiro atoms. The predicted octanol–water partition coefficient (Wildman–Crippen LogP) is 1.68. The molecule has 3 aliphatic rings. The zero-order valence-electron chi connectivity index (χ0n) is 15.7. The van der Waals surface area contributed by atoms with Crippen molar-refractivity contribution >= 4 is 11.8 Å². The summed E-state index contributed by atoms with van der Waals surface area (Å²) in [4.78, 5) is 28.8. The molecule has 2 heterocycles. The molecule has 4 rings (SSSR count). The molecule has 3 fully saturated rings. The minimum Gasteiger partial charge on any atom is -0.493 e. The number of para-hydroxylation sites is 1. The Morgan fingerprint density at radius 1 is 1.11 bits per heavy atom. The average molecular weight is 372 g/mol. The number of β-amino-alcohol motifs (C(OH)–C–C–N with tert-alkyl or cyclic N) is 1. The number of nitrogens with zero attached hydrogens (tertiary/aromatic N) is 2. The smallest absolute Gasteiger partial charge is 0.227 e. The summed E-state index contributed by atoms with van der Waals surface area (Å²) in [5.41, 5.74) is -0.644. The van der Waals surface area contributed by atoms with Gasteiger partial charge in [0.25, 0.3) is 0 Å². The van der Waals surface area contributed by atoms with E-state index in [0.29, 0.717) is 45.1 Å².